The highest BCUT2D eigenvalue weighted by molar-refractivity contribution is 14.1. The number of rotatable bonds is 3. The van der Waals surface area contributed by atoms with Crippen LogP contribution in [-0.4, -0.2) is 36.6 Å². The van der Waals surface area contributed by atoms with Gasteiger partial charge in [-0.05, 0) is 71.9 Å². The van der Waals surface area contributed by atoms with Crippen LogP contribution in [0.25, 0.3) is 0 Å². The van der Waals surface area contributed by atoms with Crippen molar-refractivity contribution in [2.75, 3.05) is 0 Å². The highest BCUT2D eigenvalue weighted by Crippen LogP contribution is 2.38. The second-order valence-electron chi connectivity index (χ2n) is 9.27. The number of hydrogen-bond acceptors (Lipinski definition) is 4. The Hall–Kier alpha value is -0.0801. The van der Waals surface area contributed by atoms with Crippen molar-refractivity contribution < 1.29 is 18.6 Å². The second kappa shape index (κ2) is 6.48. The van der Waals surface area contributed by atoms with Crippen LogP contribution < -0.4 is 10.9 Å². The van der Waals surface area contributed by atoms with Gasteiger partial charge in [-0.2, -0.15) is 0 Å². The van der Waals surface area contributed by atoms with E-state index in [9.17, 15) is 0 Å². The van der Waals surface area contributed by atoms with Gasteiger partial charge in [0, 0.05) is 4.43 Å². The van der Waals surface area contributed by atoms with Crippen LogP contribution in [0, 0.1) is 0 Å². The minimum Gasteiger partial charge on any atom is -0.399 e. The average molecular weight is 470 g/mol. The number of halogens is 1. The summed E-state index contributed by atoms with van der Waals surface area (Å²) in [5.41, 5.74) is 1.68. The zero-order valence-corrected chi connectivity index (χ0v) is 19.3. The predicted molar refractivity (Wildman–Crippen MR) is 116 cm³/mol. The molecule has 1 aromatic carbocycles. The van der Waals surface area contributed by atoms with E-state index < -0.39 is 14.2 Å². The predicted octanol–water partition coefficient (Wildman–Crippen LogP) is 3.22. The van der Waals surface area contributed by atoms with Crippen LogP contribution in [0.4, 0.5) is 0 Å². The van der Waals surface area contributed by atoms with Crippen LogP contribution in [0.2, 0.25) is 0 Å². The molecule has 3 rings (SSSR count). The summed E-state index contributed by atoms with van der Waals surface area (Å²) in [5, 5.41) is 0. The van der Waals surface area contributed by atoms with Crippen LogP contribution in [0.15, 0.2) is 18.2 Å². The Kier molecular flexibility index (Phi) is 5.14. The Balaban J connectivity index is 2.01. The maximum atomic E-state index is 6.32. The van der Waals surface area contributed by atoms with E-state index in [0.29, 0.717) is 0 Å². The van der Waals surface area contributed by atoms with Crippen LogP contribution >= 0.6 is 22.6 Å². The van der Waals surface area contributed by atoms with Crippen molar-refractivity contribution in [1.82, 2.24) is 0 Å². The molecule has 0 atom stereocenters. The van der Waals surface area contributed by atoms with Crippen molar-refractivity contribution in [2.45, 2.75) is 82.2 Å². The van der Waals surface area contributed by atoms with E-state index in [1.54, 1.807) is 0 Å². The quantitative estimate of drug-likeness (QED) is 0.387. The number of benzene rings is 1. The molecule has 2 saturated heterocycles. The Morgan fingerprint density at radius 3 is 1.46 bits per heavy atom. The van der Waals surface area contributed by atoms with Gasteiger partial charge >= 0.3 is 14.2 Å². The topological polar surface area (TPSA) is 36.9 Å². The summed E-state index contributed by atoms with van der Waals surface area (Å²) in [7, 11) is -0.866. The molecule has 0 radical (unpaired) electrons. The molecule has 0 N–H and O–H groups in total. The summed E-state index contributed by atoms with van der Waals surface area (Å²) in [6, 6.07) is 6.38. The Labute approximate surface area is 172 Å². The van der Waals surface area contributed by atoms with Crippen LogP contribution in [0.5, 0.6) is 0 Å². The van der Waals surface area contributed by atoms with Crippen molar-refractivity contribution in [3.63, 3.8) is 0 Å². The number of hydrogen-bond donors (Lipinski definition) is 0. The molecule has 0 spiro atoms. The molecule has 2 aliphatic rings. The number of alkyl halides is 1. The lowest BCUT2D eigenvalue weighted by Crippen LogP contribution is -2.51. The lowest BCUT2D eigenvalue weighted by atomic mass is 9.64. The van der Waals surface area contributed by atoms with Crippen LogP contribution in [0.1, 0.15) is 61.0 Å². The molecule has 0 amide bonds. The summed E-state index contributed by atoms with van der Waals surface area (Å²) in [4.78, 5) is 0. The van der Waals surface area contributed by atoms with Gasteiger partial charge in [0.25, 0.3) is 0 Å². The second-order valence-corrected chi connectivity index (χ2v) is 10.0. The lowest BCUT2D eigenvalue weighted by Gasteiger charge is -2.32. The van der Waals surface area contributed by atoms with Crippen molar-refractivity contribution in [3.8, 4) is 0 Å². The first-order valence-electron chi connectivity index (χ1n) is 9.20. The summed E-state index contributed by atoms with van der Waals surface area (Å²) in [6.45, 7) is 16.6. The van der Waals surface area contributed by atoms with Crippen molar-refractivity contribution in [2.24, 2.45) is 0 Å². The fourth-order valence-corrected chi connectivity index (χ4v) is 3.54. The third kappa shape index (κ3) is 3.39. The van der Waals surface area contributed by atoms with Crippen LogP contribution in [-0.2, 0) is 23.0 Å². The Morgan fingerprint density at radius 1 is 0.692 bits per heavy atom. The third-order valence-electron chi connectivity index (χ3n) is 6.32. The van der Waals surface area contributed by atoms with Crippen molar-refractivity contribution in [1.29, 1.82) is 0 Å². The first kappa shape index (κ1) is 20.6. The van der Waals surface area contributed by atoms with Gasteiger partial charge in [-0.15, -0.1) is 0 Å². The summed E-state index contributed by atoms with van der Waals surface area (Å²) >= 11 is 2.37. The molecule has 142 valence electrons. The fourth-order valence-electron chi connectivity index (χ4n) is 3.07. The Morgan fingerprint density at radius 2 is 1.08 bits per heavy atom. The molecule has 0 bridgehead atoms. The third-order valence-corrected chi connectivity index (χ3v) is 7.20. The zero-order chi connectivity index (χ0) is 19.5. The Bertz CT molecular complexity index is 671. The van der Waals surface area contributed by atoms with E-state index in [2.05, 4.69) is 96.2 Å². The largest absolute Gasteiger partial charge is 0.494 e. The molecule has 2 aliphatic heterocycles. The van der Waals surface area contributed by atoms with E-state index in [4.69, 9.17) is 18.6 Å². The molecular weight excluding hydrogens is 441 g/mol. The maximum Gasteiger partial charge on any atom is 0.494 e. The van der Waals surface area contributed by atoms with Gasteiger partial charge in [-0.1, -0.05) is 40.8 Å². The zero-order valence-electron chi connectivity index (χ0n) is 17.1. The van der Waals surface area contributed by atoms with Gasteiger partial charge in [-0.3, -0.25) is 0 Å². The molecule has 0 saturated carbocycles. The summed E-state index contributed by atoms with van der Waals surface area (Å²) in [5.74, 6) is 0. The molecule has 0 unspecified atom stereocenters. The molecule has 1 aromatic rings. The van der Waals surface area contributed by atoms with Crippen molar-refractivity contribution in [3.05, 3.63) is 23.8 Å². The van der Waals surface area contributed by atoms with Gasteiger partial charge in [0.15, 0.2) is 0 Å². The molecule has 0 aliphatic carbocycles. The van der Waals surface area contributed by atoms with Crippen LogP contribution in [0.3, 0.4) is 0 Å². The molecule has 4 nitrogen and oxygen atoms in total. The van der Waals surface area contributed by atoms with Gasteiger partial charge in [0.1, 0.15) is 0 Å². The van der Waals surface area contributed by atoms with E-state index in [1.807, 2.05) is 0 Å². The summed E-state index contributed by atoms with van der Waals surface area (Å²) < 4.78 is 26.1. The summed E-state index contributed by atoms with van der Waals surface area (Å²) in [6.07, 6.45) is 0. The molecule has 7 heteroatoms. The van der Waals surface area contributed by atoms with E-state index in [0.717, 1.165) is 15.4 Å². The molecule has 2 heterocycles. The molecule has 0 aromatic heterocycles. The monoisotopic (exact) mass is 470 g/mol. The molecular formula is C19H29B2IO4. The van der Waals surface area contributed by atoms with Gasteiger partial charge < -0.3 is 18.6 Å². The van der Waals surface area contributed by atoms with E-state index in [-0.39, 0.29) is 22.4 Å². The standard InChI is InChI=1S/C19H29B2IO4/c1-16(2)17(3,4)24-20(23-16)14-10-9-13(12-22)11-15(14)21-25-18(5,6)19(7,8)26-21/h9-11H,12H2,1-8H3. The lowest BCUT2D eigenvalue weighted by molar-refractivity contribution is 0.00578. The average Bonchev–Trinajstić information content (AvgIpc) is 2.86. The van der Waals surface area contributed by atoms with E-state index >= 15 is 0 Å². The SMILES string of the molecule is CC1(C)OB(c2ccc(CI)cc2B2OC(C)(C)C(C)(C)O2)OC1(C)C. The first-order valence-corrected chi connectivity index (χ1v) is 10.7. The van der Waals surface area contributed by atoms with Gasteiger partial charge in [0.2, 0.25) is 0 Å². The maximum absolute atomic E-state index is 6.32. The smallest absolute Gasteiger partial charge is 0.399 e. The van der Waals surface area contributed by atoms with Crippen molar-refractivity contribution >= 4 is 47.8 Å². The minimum atomic E-state index is -0.433. The normalized spacial score (nSPS) is 25.7. The highest BCUT2D eigenvalue weighted by atomic mass is 127. The minimum absolute atomic E-state index is 0.382. The van der Waals surface area contributed by atoms with Gasteiger partial charge in [0.05, 0.1) is 22.4 Å². The fraction of sp³-hybridized carbons (Fsp3) is 0.684. The molecule has 26 heavy (non-hydrogen) atoms. The first-order chi connectivity index (χ1) is 11.8. The molecule has 2 fully saturated rings. The van der Waals surface area contributed by atoms with E-state index in [1.165, 1.54) is 5.56 Å². The highest BCUT2D eigenvalue weighted by Gasteiger charge is 2.56. The van der Waals surface area contributed by atoms with Gasteiger partial charge in [-0.25, -0.2) is 0 Å².